The lowest BCUT2D eigenvalue weighted by molar-refractivity contribution is -0.384. The molecule has 1 aromatic rings. The van der Waals surface area contributed by atoms with E-state index in [2.05, 4.69) is 4.90 Å². The van der Waals surface area contributed by atoms with Crippen LogP contribution in [0.4, 0.5) is 5.69 Å². The number of carbonyl (C=O) groups is 1. The van der Waals surface area contributed by atoms with Crippen LogP contribution in [0.2, 0.25) is 0 Å². The number of hydrogen-bond donors (Lipinski definition) is 0. The number of rotatable bonds is 3. The highest BCUT2D eigenvalue weighted by Gasteiger charge is 2.61. The van der Waals surface area contributed by atoms with Crippen LogP contribution in [-0.2, 0) is 10.2 Å². The zero-order chi connectivity index (χ0) is 18.6. The van der Waals surface area contributed by atoms with Crippen LogP contribution in [0.1, 0.15) is 63.4 Å². The van der Waals surface area contributed by atoms with Crippen molar-refractivity contribution in [1.29, 1.82) is 0 Å². The summed E-state index contributed by atoms with van der Waals surface area (Å²) in [7, 11) is 0. The smallest absolute Gasteiger partial charge is 0.269 e. The molecule has 4 atom stereocenters. The van der Waals surface area contributed by atoms with Crippen LogP contribution in [0, 0.1) is 27.4 Å². The molecule has 4 bridgehead atoms. The average molecular weight is 368 g/mol. The van der Waals surface area contributed by atoms with Crippen molar-refractivity contribution in [3.8, 4) is 0 Å². The number of carbonyl (C=O) groups excluding carboxylic acids is 1. The Labute approximate surface area is 160 Å². The van der Waals surface area contributed by atoms with Gasteiger partial charge >= 0.3 is 0 Å². The van der Waals surface area contributed by atoms with Gasteiger partial charge in [-0.25, -0.2) is 0 Å². The SMILES string of the molecule is O=C(N1CCCCC1)C12C[C@H]3C[C@@H](C1)CC(c1ccc([N+](=O)[O-])cc1)(C3)C2. The third kappa shape index (κ3) is 2.69. The van der Waals surface area contributed by atoms with Crippen molar-refractivity contribution >= 4 is 11.6 Å². The van der Waals surface area contributed by atoms with E-state index in [0.717, 1.165) is 58.0 Å². The van der Waals surface area contributed by atoms with Crippen LogP contribution in [0.15, 0.2) is 24.3 Å². The molecule has 1 aromatic carbocycles. The molecule has 2 unspecified atom stereocenters. The Morgan fingerprint density at radius 1 is 1.00 bits per heavy atom. The molecular weight excluding hydrogens is 340 g/mol. The second-order valence-electron chi connectivity index (χ2n) is 9.68. The number of likely N-dealkylation sites (tertiary alicyclic amines) is 1. The van der Waals surface area contributed by atoms with E-state index < -0.39 is 0 Å². The number of hydrogen-bond acceptors (Lipinski definition) is 3. The molecule has 5 aliphatic rings. The van der Waals surface area contributed by atoms with Crippen LogP contribution < -0.4 is 0 Å². The van der Waals surface area contributed by atoms with Crippen LogP contribution >= 0.6 is 0 Å². The Morgan fingerprint density at radius 2 is 1.63 bits per heavy atom. The van der Waals surface area contributed by atoms with Gasteiger partial charge in [-0.15, -0.1) is 0 Å². The van der Waals surface area contributed by atoms with Crippen molar-refractivity contribution in [2.24, 2.45) is 17.3 Å². The molecule has 0 aromatic heterocycles. The highest BCUT2D eigenvalue weighted by Crippen LogP contribution is 2.66. The van der Waals surface area contributed by atoms with Crippen LogP contribution in [0.5, 0.6) is 0 Å². The Kier molecular flexibility index (Phi) is 3.85. The van der Waals surface area contributed by atoms with E-state index in [9.17, 15) is 14.9 Å². The molecule has 5 heteroatoms. The van der Waals surface area contributed by atoms with E-state index >= 15 is 0 Å². The van der Waals surface area contributed by atoms with Gasteiger partial charge in [-0.05, 0) is 80.6 Å². The van der Waals surface area contributed by atoms with Gasteiger partial charge in [0, 0.05) is 25.2 Å². The number of non-ortho nitro benzene ring substituents is 1. The van der Waals surface area contributed by atoms with Crippen molar-refractivity contribution in [3.63, 3.8) is 0 Å². The molecular formula is C22H28N2O3. The Hall–Kier alpha value is -1.91. The van der Waals surface area contributed by atoms with E-state index in [0.29, 0.717) is 17.7 Å². The van der Waals surface area contributed by atoms with Gasteiger partial charge in [-0.3, -0.25) is 14.9 Å². The number of piperidine rings is 1. The van der Waals surface area contributed by atoms with Crippen molar-refractivity contribution in [2.45, 2.75) is 63.2 Å². The first kappa shape index (κ1) is 17.2. The summed E-state index contributed by atoms with van der Waals surface area (Å²) in [6.45, 7) is 1.86. The maximum atomic E-state index is 13.6. The van der Waals surface area contributed by atoms with Crippen LogP contribution in [0.3, 0.4) is 0 Å². The second kappa shape index (κ2) is 6.05. The number of benzene rings is 1. The standard InChI is InChI=1S/C22H28N2O3/c25-20(23-8-2-1-3-9-23)22-13-16-10-17(14-22)12-21(11-16,15-22)18-4-6-19(7-5-18)24(26)27/h4-7,16-17H,1-3,8-15H2/t16-,17+,21?,22?. The summed E-state index contributed by atoms with van der Waals surface area (Å²) in [5.41, 5.74) is 1.24. The third-order valence-electron chi connectivity index (χ3n) is 7.85. The molecule has 0 N–H and O–H groups in total. The zero-order valence-electron chi connectivity index (χ0n) is 15.9. The quantitative estimate of drug-likeness (QED) is 0.585. The summed E-state index contributed by atoms with van der Waals surface area (Å²) in [5.74, 6) is 1.69. The predicted octanol–water partition coefficient (Wildman–Crippen LogP) is 4.45. The molecule has 0 spiro atoms. The van der Waals surface area contributed by atoms with Gasteiger partial charge in [-0.1, -0.05) is 12.1 Å². The predicted molar refractivity (Wildman–Crippen MR) is 102 cm³/mol. The minimum absolute atomic E-state index is 0.0463. The summed E-state index contributed by atoms with van der Waals surface area (Å²) < 4.78 is 0. The van der Waals surface area contributed by atoms with Gasteiger partial charge in [0.15, 0.2) is 0 Å². The lowest BCUT2D eigenvalue weighted by Gasteiger charge is -2.62. The van der Waals surface area contributed by atoms with Crippen LogP contribution in [-0.4, -0.2) is 28.8 Å². The first-order valence-electron chi connectivity index (χ1n) is 10.5. The largest absolute Gasteiger partial charge is 0.342 e. The van der Waals surface area contributed by atoms with Crippen molar-refractivity contribution in [1.82, 2.24) is 4.90 Å². The lowest BCUT2D eigenvalue weighted by atomic mass is 9.42. The van der Waals surface area contributed by atoms with Crippen LogP contribution in [0.25, 0.3) is 0 Å². The van der Waals surface area contributed by atoms with E-state index in [-0.39, 0.29) is 21.4 Å². The topological polar surface area (TPSA) is 63.5 Å². The molecule has 1 amide bonds. The molecule has 144 valence electrons. The number of nitro benzene ring substituents is 1. The lowest BCUT2D eigenvalue weighted by Crippen LogP contribution is -2.60. The first-order valence-corrected chi connectivity index (χ1v) is 10.5. The average Bonchev–Trinajstić information content (AvgIpc) is 2.67. The third-order valence-corrected chi connectivity index (χ3v) is 7.85. The summed E-state index contributed by atoms with van der Waals surface area (Å²) in [4.78, 5) is 26.5. The second-order valence-corrected chi connectivity index (χ2v) is 9.68. The fraction of sp³-hybridized carbons (Fsp3) is 0.682. The van der Waals surface area contributed by atoms with Gasteiger partial charge in [0.2, 0.25) is 5.91 Å². The fourth-order valence-corrected chi connectivity index (χ4v) is 7.22. The number of nitro groups is 1. The molecule has 1 saturated heterocycles. The number of nitrogens with zero attached hydrogens (tertiary/aromatic N) is 2. The van der Waals surface area contributed by atoms with Crippen molar-refractivity contribution in [3.05, 3.63) is 39.9 Å². The minimum atomic E-state index is -0.329. The molecule has 4 aliphatic carbocycles. The van der Waals surface area contributed by atoms with E-state index in [1.807, 2.05) is 12.1 Å². The highest BCUT2D eigenvalue weighted by molar-refractivity contribution is 5.83. The Bertz CT molecular complexity index is 752. The van der Waals surface area contributed by atoms with Crippen molar-refractivity contribution in [2.75, 3.05) is 13.1 Å². The summed E-state index contributed by atoms with van der Waals surface area (Å²) in [6.07, 6.45) is 10.2. The Morgan fingerprint density at radius 3 is 2.22 bits per heavy atom. The maximum Gasteiger partial charge on any atom is 0.269 e. The van der Waals surface area contributed by atoms with E-state index in [1.165, 1.54) is 18.4 Å². The molecule has 5 fully saturated rings. The molecule has 0 radical (unpaired) electrons. The molecule has 5 nitrogen and oxygen atoms in total. The molecule has 1 heterocycles. The van der Waals surface area contributed by atoms with Gasteiger partial charge in [0.25, 0.3) is 5.69 Å². The van der Waals surface area contributed by atoms with Gasteiger partial charge < -0.3 is 4.90 Å². The van der Waals surface area contributed by atoms with E-state index in [4.69, 9.17) is 0 Å². The van der Waals surface area contributed by atoms with Gasteiger partial charge in [0.05, 0.1) is 10.3 Å². The molecule has 4 saturated carbocycles. The fourth-order valence-electron chi connectivity index (χ4n) is 7.22. The van der Waals surface area contributed by atoms with Gasteiger partial charge in [-0.2, -0.15) is 0 Å². The summed E-state index contributed by atoms with van der Waals surface area (Å²) >= 11 is 0. The first-order chi connectivity index (χ1) is 13.0. The Balaban J connectivity index is 1.48. The molecule has 6 rings (SSSR count). The normalized spacial score (nSPS) is 37.4. The maximum absolute atomic E-state index is 13.6. The molecule has 1 aliphatic heterocycles. The van der Waals surface area contributed by atoms with E-state index in [1.54, 1.807) is 12.1 Å². The summed E-state index contributed by atoms with van der Waals surface area (Å²) in [5, 5.41) is 11.0. The highest BCUT2D eigenvalue weighted by atomic mass is 16.6. The van der Waals surface area contributed by atoms with Gasteiger partial charge in [0.1, 0.15) is 0 Å². The molecule has 27 heavy (non-hydrogen) atoms. The number of amides is 1. The zero-order valence-corrected chi connectivity index (χ0v) is 15.9. The monoisotopic (exact) mass is 368 g/mol. The van der Waals surface area contributed by atoms with Crippen molar-refractivity contribution < 1.29 is 9.72 Å². The summed E-state index contributed by atoms with van der Waals surface area (Å²) in [6, 6.07) is 7.22. The minimum Gasteiger partial charge on any atom is -0.342 e.